The molecule has 0 aliphatic carbocycles. The third-order valence-corrected chi connectivity index (χ3v) is 3.35. The van der Waals surface area contributed by atoms with E-state index in [4.69, 9.17) is 11.6 Å². The summed E-state index contributed by atoms with van der Waals surface area (Å²) in [6.07, 6.45) is 1.75. The average Bonchev–Trinajstić information content (AvgIpc) is 2.62. The van der Waals surface area contributed by atoms with Crippen molar-refractivity contribution in [1.29, 1.82) is 0 Å². The second-order valence-electron chi connectivity index (χ2n) is 3.87. The Hall–Kier alpha value is -0.800. The predicted octanol–water partition coefficient (Wildman–Crippen LogP) is 3.57. The van der Waals surface area contributed by atoms with Crippen molar-refractivity contribution in [3.63, 3.8) is 0 Å². The minimum atomic E-state index is 0.00961. The first-order valence-electron chi connectivity index (χ1n) is 5.18. The van der Waals surface area contributed by atoms with Gasteiger partial charge in [-0.2, -0.15) is 0 Å². The molecule has 1 rings (SSSR count). The Kier molecular flexibility index (Phi) is 5.03. The summed E-state index contributed by atoms with van der Waals surface area (Å²) >= 11 is 7.37. The maximum absolute atomic E-state index is 11.9. The van der Waals surface area contributed by atoms with Gasteiger partial charge in [0.1, 0.15) is 0 Å². The summed E-state index contributed by atoms with van der Waals surface area (Å²) in [5, 5.41) is 0. The summed E-state index contributed by atoms with van der Waals surface area (Å²) in [6.45, 7) is 8.67. The zero-order valence-corrected chi connectivity index (χ0v) is 11.1. The first-order valence-corrected chi connectivity index (χ1v) is 6.38. The van der Waals surface area contributed by atoms with Crippen LogP contribution < -0.4 is 0 Å². The number of nitrogens with zero attached hydrogens (tertiary/aromatic N) is 1. The third kappa shape index (κ3) is 3.65. The molecule has 0 N–H and O–H groups in total. The lowest BCUT2D eigenvalue weighted by molar-refractivity contribution is -0.134. The fraction of sp³-hybridized carbons (Fsp3) is 0.417. The summed E-state index contributed by atoms with van der Waals surface area (Å²) in [5.74, 6) is 0.153. The van der Waals surface area contributed by atoms with E-state index in [-0.39, 0.29) is 11.8 Å². The molecular weight excluding hydrogens is 242 g/mol. The molecule has 0 saturated heterocycles. The van der Waals surface area contributed by atoms with E-state index in [0.717, 1.165) is 9.21 Å². The maximum atomic E-state index is 11.9. The van der Waals surface area contributed by atoms with Gasteiger partial charge in [0.05, 0.1) is 10.9 Å². The molecule has 0 aromatic carbocycles. The zero-order chi connectivity index (χ0) is 12.1. The van der Waals surface area contributed by atoms with Crippen molar-refractivity contribution in [3.05, 3.63) is 34.0 Å². The van der Waals surface area contributed by atoms with Crippen molar-refractivity contribution in [2.24, 2.45) is 5.92 Å². The van der Waals surface area contributed by atoms with Gasteiger partial charge in [-0.25, -0.2) is 0 Å². The van der Waals surface area contributed by atoms with Gasteiger partial charge >= 0.3 is 0 Å². The number of amides is 1. The summed E-state index contributed by atoms with van der Waals surface area (Å²) in [5.41, 5.74) is 0. The number of hydrogen-bond donors (Lipinski definition) is 0. The van der Waals surface area contributed by atoms with Crippen molar-refractivity contribution in [1.82, 2.24) is 4.90 Å². The van der Waals surface area contributed by atoms with Crippen LogP contribution >= 0.6 is 22.9 Å². The first kappa shape index (κ1) is 13.3. The van der Waals surface area contributed by atoms with Gasteiger partial charge in [0.25, 0.3) is 0 Å². The molecule has 0 spiro atoms. The number of hydrogen-bond acceptors (Lipinski definition) is 2. The second kappa shape index (κ2) is 6.06. The van der Waals surface area contributed by atoms with Crippen molar-refractivity contribution >= 4 is 28.8 Å². The van der Waals surface area contributed by atoms with Gasteiger partial charge in [-0.15, -0.1) is 17.9 Å². The molecule has 0 unspecified atom stereocenters. The van der Waals surface area contributed by atoms with Crippen molar-refractivity contribution < 1.29 is 4.79 Å². The van der Waals surface area contributed by atoms with Crippen molar-refractivity contribution in [3.8, 4) is 0 Å². The molecule has 1 heterocycles. The topological polar surface area (TPSA) is 20.3 Å². The lowest BCUT2D eigenvalue weighted by atomic mass is 10.2. The van der Waals surface area contributed by atoms with Crippen LogP contribution in [0, 0.1) is 5.92 Å². The molecule has 0 aliphatic heterocycles. The van der Waals surface area contributed by atoms with E-state index in [1.54, 1.807) is 11.0 Å². The normalized spacial score (nSPS) is 10.5. The lowest BCUT2D eigenvalue weighted by Gasteiger charge is -2.22. The van der Waals surface area contributed by atoms with Crippen LogP contribution in [0.2, 0.25) is 4.34 Å². The Morgan fingerprint density at radius 3 is 2.75 bits per heavy atom. The van der Waals surface area contributed by atoms with Crippen LogP contribution in [0.15, 0.2) is 24.8 Å². The molecule has 2 nitrogen and oxygen atoms in total. The van der Waals surface area contributed by atoms with Gasteiger partial charge in [0.2, 0.25) is 5.91 Å². The molecule has 0 aliphatic rings. The Balaban J connectivity index is 2.71. The van der Waals surface area contributed by atoms with E-state index in [1.807, 2.05) is 26.0 Å². The first-order chi connectivity index (χ1) is 7.54. The summed E-state index contributed by atoms with van der Waals surface area (Å²) in [6, 6.07) is 3.81. The maximum Gasteiger partial charge on any atom is 0.225 e. The Labute approximate surface area is 106 Å². The molecule has 16 heavy (non-hydrogen) atoms. The average molecular weight is 258 g/mol. The number of carbonyl (C=O) groups is 1. The molecule has 4 heteroatoms. The summed E-state index contributed by atoms with van der Waals surface area (Å²) < 4.78 is 0.755. The standard InChI is InChI=1S/C12H16ClNOS/c1-4-7-14(12(15)9(2)3)8-10-5-6-11(13)16-10/h4-6,9H,1,7-8H2,2-3H3. The van der Waals surface area contributed by atoms with E-state index in [9.17, 15) is 4.79 Å². The van der Waals surface area contributed by atoms with E-state index in [2.05, 4.69) is 6.58 Å². The number of rotatable bonds is 5. The number of halogens is 1. The largest absolute Gasteiger partial charge is 0.334 e. The van der Waals surface area contributed by atoms with Gasteiger partial charge in [0.15, 0.2) is 0 Å². The molecule has 0 fully saturated rings. The highest BCUT2D eigenvalue weighted by Gasteiger charge is 2.16. The minimum Gasteiger partial charge on any atom is -0.334 e. The zero-order valence-electron chi connectivity index (χ0n) is 9.57. The van der Waals surface area contributed by atoms with Crippen molar-refractivity contribution in [2.45, 2.75) is 20.4 Å². The smallest absolute Gasteiger partial charge is 0.225 e. The van der Waals surface area contributed by atoms with E-state index < -0.39 is 0 Å². The highest BCUT2D eigenvalue weighted by molar-refractivity contribution is 7.16. The molecule has 1 amide bonds. The predicted molar refractivity (Wildman–Crippen MR) is 69.8 cm³/mol. The Bertz CT molecular complexity index is 373. The lowest BCUT2D eigenvalue weighted by Crippen LogP contribution is -2.33. The van der Waals surface area contributed by atoms with Gasteiger partial charge in [-0.1, -0.05) is 31.5 Å². The van der Waals surface area contributed by atoms with Crippen LogP contribution in [0.4, 0.5) is 0 Å². The number of thiophene rings is 1. The van der Waals surface area contributed by atoms with E-state index in [1.165, 1.54) is 11.3 Å². The van der Waals surface area contributed by atoms with Crippen molar-refractivity contribution in [2.75, 3.05) is 6.54 Å². The van der Waals surface area contributed by atoms with Crippen LogP contribution in [-0.2, 0) is 11.3 Å². The van der Waals surface area contributed by atoms with Gasteiger partial charge < -0.3 is 4.90 Å². The molecule has 88 valence electrons. The minimum absolute atomic E-state index is 0.00961. The molecule has 0 atom stereocenters. The quantitative estimate of drug-likeness (QED) is 0.739. The Morgan fingerprint density at radius 1 is 1.62 bits per heavy atom. The highest BCUT2D eigenvalue weighted by atomic mass is 35.5. The number of carbonyl (C=O) groups excluding carboxylic acids is 1. The summed E-state index contributed by atoms with van der Waals surface area (Å²) in [7, 11) is 0. The molecule has 0 saturated carbocycles. The van der Waals surface area contributed by atoms with E-state index in [0.29, 0.717) is 13.1 Å². The SMILES string of the molecule is C=CCN(Cc1ccc(Cl)s1)C(=O)C(C)C. The van der Waals surface area contributed by atoms with Gasteiger partial charge in [-0.3, -0.25) is 4.79 Å². The fourth-order valence-corrected chi connectivity index (χ4v) is 2.48. The molecule has 1 aromatic rings. The Morgan fingerprint density at radius 2 is 2.31 bits per heavy atom. The van der Waals surface area contributed by atoms with Gasteiger partial charge in [0, 0.05) is 17.3 Å². The van der Waals surface area contributed by atoms with Crippen LogP contribution in [0.1, 0.15) is 18.7 Å². The van der Waals surface area contributed by atoms with Gasteiger partial charge in [-0.05, 0) is 12.1 Å². The van der Waals surface area contributed by atoms with Crippen LogP contribution in [0.25, 0.3) is 0 Å². The third-order valence-electron chi connectivity index (χ3n) is 2.13. The highest BCUT2D eigenvalue weighted by Crippen LogP contribution is 2.23. The summed E-state index contributed by atoms with van der Waals surface area (Å²) in [4.78, 5) is 14.8. The molecule has 0 bridgehead atoms. The molecular formula is C12H16ClNOS. The molecule has 1 aromatic heterocycles. The molecule has 0 radical (unpaired) electrons. The monoisotopic (exact) mass is 257 g/mol. The van der Waals surface area contributed by atoms with E-state index >= 15 is 0 Å². The second-order valence-corrected chi connectivity index (χ2v) is 5.67. The van der Waals surface area contributed by atoms with Crippen LogP contribution in [-0.4, -0.2) is 17.4 Å². The van der Waals surface area contributed by atoms with Crippen LogP contribution in [0.3, 0.4) is 0 Å². The van der Waals surface area contributed by atoms with Crippen LogP contribution in [0.5, 0.6) is 0 Å². The fourth-order valence-electron chi connectivity index (χ4n) is 1.38.